The van der Waals surface area contributed by atoms with Crippen LogP contribution in [0.1, 0.15) is 4.11 Å². The molecular weight excluding hydrogens is 605 g/mol. The maximum atomic E-state index is 9.78. The van der Waals surface area contributed by atoms with Crippen LogP contribution in [0.5, 0.6) is 0 Å². The van der Waals surface area contributed by atoms with Crippen LogP contribution >= 0.6 is 0 Å². The first-order chi connectivity index (χ1) is 26.1. The zero-order valence-corrected chi connectivity index (χ0v) is 27.1. The SMILES string of the molecule is [2H]c1c(-c2ccc3c(c2)c2ccccc2n3-c2cccc(-c3ccccc3)c2)c([2H])c2c3ccc(-c4ccccc4)cc3n(-c3ccccc3)c2c1[2H]. The quantitative estimate of drug-likeness (QED) is 0.177. The van der Waals surface area contributed by atoms with Gasteiger partial charge in [0.05, 0.1) is 26.2 Å². The van der Waals surface area contributed by atoms with Gasteiger partial charge in [-0.15, -0.1) is 0 Å². The standard InChI is InChI=1S/C48H32N2/c1-4-13-33(14-5-1)35-17-12-20-40(29-35)50-45-22-11-10-21-41(45)43-30-36(25-28-47(43)50)37-24-27-46-44(31-37)42-26-23-38(34-15-6-2-7-16-34)32-48(42)49(46)39-18-8-3-9-19-39/h1-32H/i24D,27D,31D. The van der Waals surface area contributed by atoms with Crippen LogP contribution in [0.2, 0.25) is 0 Å². The molecule has 0 aliphatic rings. The van der Waals surface area contributed by atoms with Gasteiger partial charge in [0.15, 0.2) is 0 Å². The maximum Gasteiger partial charge on any atom is 0.0645 e. The van der Waals surface area contributed by atoms with Crippen LogP contribution in [0, 0.1) is 0 Å². The van der Waals surface area contributed by atoms with Crippen molar-refractivity contribution in [1.82, 2.24) is 9.13 Å². The minimum absolute atomic E-state index is 0.0458. The third-order valence-electron chi connectivity index (χ3n) is 9.82. The van der Waals surface area contributed by atoms with Crippen molar-refractivity contribution in [1.29, 1.82) is 0 Å². The summed E-state index contributed by atoms with van der Waals surface area (Å²) in [7, 11) is 0. The Morgan fingerprint density at radius 1 is 0.300 bits per heavy atom. The van der Waals surface area contributed by atoms with Crippen LogP contribution < -0.4 is 0 Å². The maximum absolute atomic E-state index is 9.78. The van der Waals surface area contributed by atoms with Crippen molar-refractivity contribution in [3.8, 4) is 44.8 Å². The zero-order chi connectivity index (χ0) is 35.6. The molecule has 0 aliphatic heterocycles. The van der Waals surface area contributed by atoms with Gasteiger partial charge in [-0.05, 0) is 94.0 Å². The van der Waals surface area contributed by atoms with Crippen LogP contribution in [0.15, 0.2) is 194 Å². The number of aromatic nitrogens is 2. The highest BCUT2D eigenvalue weighted by atomic mass is 15.0. The van der Waals surface area contributed by atoms with Gasteiger partial charge in [-0.2, -0.15) is 0 Å². The first-order valence-electron chi connectivity index (χ1n) is 18.4. The average Bonchev–Trinajstić information content (AvgIpc) is 3.74. The molecule has 2 nitrogen and oxygen atoms in total. The number of benzene rings is 8. The van der Waals surface area contributed by atoms with Gasteiger partial charge in [-0.3, -0.25) is 0 Å². The molecule has 0 N–H and O–H groups in total. The highest BCUT2D eigenvalue weighted by molar-refractivity contribution is 6.13. The largest absolute Gasteiger partial charge is 0.309 e. The molecule has 234 valence electrons. The Morgan fingerprint density at radius 3 is 1.64 bits per heavy atom. The van der Waals surface area contributed by atoms with Crippen LogP contribution in [0.25, 0.3) is 88.4 Å². The number of fused-ring (bicyclic) bond motifs is 6. The molecule has 8 aromatic carbocycles. The number of para-hydroxylation sites is 2. The van der Waals surface area contributed by atoms with Crippen LogP contribution in [0.3, 0.4) is 0 Å². The summed E-state index contributed by atoms with van der Waals surface area (Å²) < 4.78 is 33.1. The second kappa shape index (κ2) is 11.5. The van der Waals surface area contributed by atoms with Crippen LogP contribution in [-0.2, 0) is 0 Å². The van der Waals surface area contributed by atoms with Gasteiger partial charge in [0.1, 0.15) is 0 Å². The number of hydrogen-bond acceptors (Lipinski definition) is 0. The Labute approximate surface area is 294 Å². The molecule has 0 unspecified atom stereocenters. The topological polar surface area (TPSA) is 9.86 Å². The zero-order valence-electron chi connectivity index (χ0n) is 30.1. The van der Waals surface area contributed by atoms with Gasteiger partial charge in [-0.1, -0.05) is 133 Å². The molecule has 2 heteroatoms. The van der Waals surface area contributed by atoms with E-state index in [0.29, 0.717) is 16.5 Å². The molecule has 0 saturated carbocycles. The van der Waals surface area contributed by atoms with Gasteiger partial charge >= 0.3 is 0 Å². The normalized spacial score (nSPS) is 12.4. The molecular formula is C48H32N2. The molecule has 0 bridgehead atoms. The highest BCUT2D eigenvalue weighted by Crippen LogP contribution is 2.39. The summed E-state index contributed by atoms with van der Waals surface area (Å²) in [5.74, 6) is 0. The second-order valence-corrected chi connectivity index (χ2v) is 12.7. The number of rotatable bonds is 5. The van der Waals surface area contributed by atoms with Crippen molar-refractivity contribution in [3.63, 3.8) is 0 Å². The Morgan fingerprint density at radius 2 is 0.860 bits per heavy atom. The van der Waals surface area contributed by atoms with Crippen LogP contribution in [-0.4, -0.2) is 9.13 Å². The average molecular weight is 640 g/mol. The summed E-state index contributed by atoms with van der Waals surface area (Å²) in [6.07, 6.45) is 0. The monoisotopic (exact) mass is 639 g/mol. The van der Waals surface area contributed by atoms with E-state index in [1.807, 2.05) is 60.7 Å². The Kier molecular flexibility index (Phi) is 5.84. The smallest absolute Gasteiger partial charge is 0.0645 e. The Bertz CT molecular complexity index is 3020. The summed E-state index contributed by atoms with van der Waals surface area (Å²) in [5.41, 5.74) is 11.2. The van der Waals surface area contributed by atoms with Gasteiger partial charge < -0.3 is 9.13 Å². The van der Waals surface area contributed by atoms with E-state index in [-0.39, 0.29) is 18.1 Å². The summed E-state index contributed by atoms with van der Waals surface area (Å²) in [6, 6.07) is 60.6. The molecule has 0 saturated heterocycles. The highest BCUT2D eigenvalue weighted by Gasteiger charge is 2.17. The lowest BCUT2D eigenvalue weighted by atomic mass is 9.99. The molecule has 0 atom stereocenters. The van der Waals surface area contributed by atoms with E-state index < -0.39 is 0 Å². The number of hydrogen-bond donors (Lipinski definition) is 0. The van der Waals surface area contributed by atoms with Crippen molar-refractivity contribution in [2.45, 2.75) is 0 Å². The van der Waals surface area contributed by atoms with Gasteiger partial charge in [0, 0.05) is 32.9 Å². The summed E-state index contributed by atoms with van der Waals surface area (Å²) in [5, 5.41) is 3.70. The first-order valence-corrected chi connectivity index (χ1v) is 16.9. The van der Waals surface area contributed by atoms with E-state index in [1.54, 1.807) is 0 Å². The third-order valence-corrected chi connectivity index (χ3v) is 9.82. The molecule has 0 spiro atoms. The number of nitrogens with zero attached hydrogens (tertiary/aromatic N) is 2. The lowest BCUT2D eigenvalue weighted by Crippen LogP contribution is -1.94. The lowest BCUT2D eigenvalue weighted by Gasteiger charge is -2.11. The van der Waals surface area contributed by atoms with E-state index in [0.717, 1.165) is 71.9 Å². The van der Waals surface area contributed by atoms with Crippen molar-refractivity contribution in [2.75, 3.05) is 0 Å². The van der Waals surface area contributed by atoms with Gasteiger partial charge in [-0.25, -0.2) is 0 Å². The fraction of sp³-hybridized carbons (Fsp3) is 0. The predicted octanol–water partition coefficient (Wildman–Crippen LogP) is 12.9. The first kappa shape index (κ1) is 25.4. The summed E-state index contributed by atoms with van der Waals surface area (Å²) in [4.78, 5) is 0. The fourth-order valence-electron chi connectivity index (χ4n) is 7.47. The van der Waals surface area contributed by atoms with Crippen molar-refractivity contribution >= 4 is 43.6 Å². The molecule has 2 aromatic heterocycles. The molecule has 0 radical (unpaired) electrons. The van der Waals surface area contributed by atoms with E-state index in [1.165, 1.54) is 0 Å². The molecule has 10 aromatic rings. The molecule has 10 rings (SSSR count). The molecule has 50 heavy (non-hydrogen) atoms. The summed E-state index contributed by atoms with van der Waals surface area (Å²) >= 11 is 0. The van der Waals surface area contributed by atoms with E-state index in [2.05, 4.69) is 124 Å². The Balaban J connectivity index is 1.21. The van der Waals surface area contributed by atoms with Gasteiger partial charge in [0.25, 0.3) is 0 Å². The second-order valence-electron chi connectivity index (χ2n) is 12.7. The van der Waals surface area contributed by atoms with Crippen molar-refractivity contribution in [2.24, 2.45) is 0 Å². The summed E-state index contributed by atoms with van der Waals surface area (Å²) in [6.45, 7) is 0. The van der Waals surface area contributed by atoms with Crippen molar-refractivity contribution < 1.29 is 4.11 Å². The Hall–Kier alpha value is -6.64. The molecule has 0 amide bonds. The van der Waals surface area contributed by atoms with Crippen molar-refractivity contribution in [3.05, 3.63) is 194 Å². The van der Waals surface area contributed by atoms with E-state index in [4.69, 9.17) is 0 Å². The third kappa shape index (κ3) is 4.57. The minimum Gasteiger partial charge on any atom is -0.309 e. The minimum atomic E-state index is 0.0458. The van der Waals surface area contributed by atoms with E-state index in [9.17, 15) is 4.11 Å². The van der Waals surface area contributed by atoms with E-state index >= 15 is 0 Å². The molecule has 0 aliphatic carbocycles. The molecule has 2 heterocycles. The predicted molar refractivity (Wildman–Crippen MR) is 211 cm³/mol. The lowest BCUT2D eigenvalue weighted by molar-refractivity contribution is 1.18. The van der Waals surface area contributed by atoms with Gasteiger partial charge in [0.2, 0.25) is 0 Å². The fourth-order valence-corrected chi connectivity index (χ4v) is 7.47. The molecule has 0 fully saturated rings. The van der Waals surface area contributed by atoms with Crippen LogP contribution in [0.4, 0.5) is 0 Å².